The van der Waals surface area contributed by atoms with E-state index in [0.29, 0.717) is 0 Å². The normalized spacial score (nSPS) is 12.2. The fourth-order valence-corrected chi connectivity index (χ4v) is 1.96. The molecule has 0 aromatic heterocycles. The lowest BCUT2D eigenvalue weighted by Crippen LogP contribution is -2.08. The quantitative estimate of drug-likeness (QED) is 0.872. The molecular formula is C17H21NO. The minimum absolute atomic E-state index is 0.106. The number of rotatable bonds is 4. The van der Waals surface area contributed by atoms with E-state index in [0.717, 1.165) is 29.0 Å². The zero-order valence-corrected chi connectivity index (χ0v) is 11.8. The van der Waals surface area contributed by atoms with E-state index in [1.54, 1.807) is 0 Å². The Hall–Kier alpha value is -1.80. The smallest absolute Gasteiger partial charge is 0.130 e. The molecule has 2 heteroatoms. The molecule has 0 bridgehead atoms. The molecule has 19 heavy (non-hydrogen) atoms. The highest BCUT2D eigenvalue weighted by Crippen LogP contribution is 2.27. The number of hydrogen-bond donors (Lipinski definition) is 1. The van der Waals surface area contributed by atoms with E-state index in [4.69, 9.17) is 10.5 Å². The van der Waals surface area contributed by atoms with Gasteiger partial charge in [-0.25, -0.2) is 0 Å². The number of benzene rings is 2. The Balaban J connectivity index is 2.17. The molecule has 0 spiro atoms. The van der Waals surface area contributed by atoms with Crippen molar-refractivity contribution in [1.82, 2.24) is 0 Å². The van der Waals surface area contributed by atoms with E-state index in [1.807, 2.05) is 24.3 Å². The Morgan fingerprint density at radius 2 is 1.74 bits per heavy atom. The molecule has 0 saturated carbocycles. The Bertz CT molecular complexity index is 546. The van der Waals surface area contributed by atoms with Crippen LogP contribution in [0.25, 0.3) is 0 Å². The summed E-state index contributed by atoms with van der Waals surface area (Å²) in [5.74, 6) is 1.76. The number of aryl methyl sites for hydroxylation is 2. The molecule has 2 aromatic carbocycles. The van der Waals surface area contributed by atoms with Crippen molar-refractivity contribution in [3.63, 3.8) is 0 Å². The van der Waals surface area contributed by atoms with Crippen LogP contribution in [0.5, 0.6) is 11.5 Å². The molecule has 0 amide bonds. The molecular weight excluding hydrogens is 234 g/mol. The van der Waals surface area contributed by atoms with Crippen LogP contribution in [0.3, 0.4) is 0 Å². The largest absolute Gasteiger partial charge is 0.457 e. The Morgan fingerprint density at radius 3 is 2.37 bits per heavy atom. The van der Waals surface area contributed by atoms with Crippen LogP contribution in [-0.2, 0) is 0 Å². The summed E-state index contributed by atoms with van der Waals surface area (Å²) in [6.07, 6.45) is 0.942. The Morgan fingerprint density at radius 1 is 1.05 bits per heavy atom. The van der Waals surface area contributed by atoms with Gasteiger partial charge in [-0.15, -0.1) is 0 Å². The number of hydrogen-bond acceptors (Lipinski definition) is 2. The van der Waals surface area contributed by atoms with Crippen LogP contribution in [0.2, 0.25) is 0 Å². The summed E-state index contributed by atoms with van der Waals surface area (Å²) >= 11 is 0. The van der Waals surface area contributed by atoms with Crippen LogP contribution in [0.4, 0.5) is 0 Å². The van der Waals surface area contributed by atoms with Crippen molar-refractivity contribution in [3.05, 3.63) is 59.2 Å². The second kappa shape index (κ2) is 5.89. The third-order valence-electron chi connectivity index (χ3n) is 3.32. The highest BCUT2D eigenvalue weighted by molar-refractivity contribution is 5.40. The second-order valence-corrected chi connectivity index (χ2v) is 4.95. The van der Waals surface area contributed by atoms with E-state index in [2.05, 4.69) is 39.0 Å². The van der Waals surface area contributed by atoms with Crippen molar-refractivity contribution in [2.45, 2.75) is 33.2 Å². The van der Waals surface area contributed by atoms with E-state index in [1.165, 1.54) is 5.56 Å². The van der Waals surface area contributed by atoms with E-state index < -0.39 is 0 Å². The first-order valence-corrected chi connectivity index (χ1v) is 6.71. The van der Waals surface area contributed by atoms with Gasteiger partial charge < -0.3 is 10.5 Å². The van der Waals surface area contributed by atoms with Gasteiger partial charge >= 0.3 is 0 Å². The van der Waals surface area contributed by atoms with Gasteiger partial charge in [0.1, 0.15) is 11.5 Å². The molecule has 0 aliphatic rings. The Labute approximate surface area is 115 Å². The molecule has 0 aliphatic heterocycles. The standard InChI is InChI=1S/C17H21NO/c1-4-16(18)14-7-9-15(10-8-14)19-17-11-12(2)5-6-13(17)3/h5-11,16H,4,18H2,1-3H3/t16-/m0/s1. The van der Waals surface area contributed by atoms with E-state index in [-0.39, 0.29) is 6.04 Å². The summed E-state index contributed by atoms with van der Waals surface area (Å²) in [5.41, 5.74) is 9.49. The minimum atomic E-state index is 0.106. The first kappa shape index (κ1) is 13.6. The number of nitrogens with two attached hydrogens (primary N) is 1. The van der Waals surface area contributed by atoms with Crippen LogP contribution in [0.15, 0.2) is 42.5 Å². The van der Waals surface area contributed by atoms with E-state index in [9.17, 15) is 0 Å². The molecule has 2 rings (SSSR count). The summed E-state index contributed by atoms with van der Waals surface area (Å²) in [6, 6.07) is 14.4. The van der Waals surface area contributed by atoms with E-state index >= 15 is 0 Å². The van der Waals surface area contributed by atoms with Crippen LogP contribution >= 0.6 is 0 Å². The van der Waals surface area contributed by atoms with Crippen LogP contribution < -0.4 is 10.5 Å². The maximum atomic E-state index is 6.00. The van der Waals surface area contributed by atoms with Gasteiger partial charge in [0.2, 0.25) is 0 Å². The molecule has 0 unspecified atom stereocenters. The lowest BCUT2D eigenvalue weighted by atomic mass is 10.1. The van der Waals surface area contributed by atoms with Crippen molar-refractivity contribution in [3.8, 4) is 11.5 Å². The summed E-state index contributed by atoms with van der Waals surface area (Å²) in [7, 11) is 0. The van der Waals surface area contributed by atoms with Gasteiger partial charge in [0.25, 0.3) is 0 Å². The average Bonchev–Trinajstić information content (AvgIpc) is 2.43. The fourth-order valence-electron chi connectivity index (χ4n) is 1.96. The zero-order chi connectivity index (χ0) is 13.8. The Kier molecular flexibility index (Phi) is 4.23. The average molecular weight is 255 g/mol. The molecule has 0 fully saturated rings. The monoisotopic (exact) mass is 255 g/mol. The molecule has 2 aromatic rings. The minimum Gasteiger partial charge on any atom is -0.457 e. The maximum absolute atomic E-state index is 6.00. The van der Waals surface area contributed by atoms with Gasteiger partial charge in [-0.05, 0) is 55.2 Å². The SMILES string of the molecule is CC[C@H](N)c1ccc(Oc2cc(C)ccc2C)cc1. The number of ether oxygens (including phenoxy) is 1. The first-order chi connectivity index (χ1) is 9.10. The fraction of sp³-hybridized carbons (Fsp3) is 0.294. The summed E-state index contributed by atoms with van der Waals surface area (Å²) in [5, 5.41) is 0. The topological polar surface area (TPSA) is 35.2 Å². The molecule has 100 valence electrons. The summed E-state index contributed by atoms with van der Waals surface area (Å²) in [4.78, 5) is 0. The second-order valence-electron chi connectivity index (χ2n) is 4.95. The van der Waals surface area contributed by atoms with Crippen molar-refractivity contribution < 1.29 is 4.74 Å². The third kappa shape index (κ3) is 3.36. The van der Waals surface area contributed by atoms with Gasteiger partial charge in [0.05, 0.1) is 0 Å². The predicted octanol–water partition coefficient (Wildman–Crippen LogP) is 4.51. The van der Waals surface area contributed by atoms with Crippen molar-refractivity contribution >= 4 is 0 Å². The van der Waals surface area contributed by atoms with Crippen molar-refractivity contribution in [2.75, 3.05) is 0 Å². The molecule has 0 radical (unpaired) electrons. The first-order valence-electron chi connectivity index (χ1n) is 6.71. The van der Waals surface area contributed by atoms with Crippen molar-refractivity contribution in [2.24, 2.45) is 5.73 Å². The zero-order valence-electron chi connectivity index (χ0n) is 11.8. The predicted molar refractivity (Wildman–Crippen MR) is 79.7 cm³/mol. The molecule has 2 nitrogen and oxygen atoms in total. The van der Waals surface area contributed by atoms with Crippen LogP contribution in [-0.4, -0.2) is 0 Å². The van der Waals surface area contributed by atoms with Crippen LogP contribution in [0, 0.1) is 13.8 Å². The molecule has 0 saturated heterocycles. The molecule has 0 heterocycles. The molecule has 0 aliphatic carbocycles. The van der Waals surface area contributed by atoms with Gasteiger partial charge in [-0.2, -0.15) is 0 Å². The van der Waals surface area contributed by atoms with Crippen molar-refractivity contribution in [1.29, 1.82) is 0 Å². The van der Waals surface area contributed by atoms with Gasteiger partial charge in [-0.3, -0.25) is 0 Å². The summed E-state index contributed by atoms with van der Waals surface area (Å²) < 4.78 is 5.92. The highest BCUT2D eigenvalue weighted by atomic mass is 16.5. The third-order valence-corrected chi connectivity index (χ3v) is 3.32. The van der Waals surface area contributed by atoms with Gasteiger partial charge in [-0.1, -0.05) is 31.2 Å². The lowest BCUT2D eigenvalue weighted by Gasteiger charge is -2.12. The molecule has 2 N–H and O–H groups in total. The highest BCUT2D eigenvalue weighted by Gasteiger charge is 2.05. The van der Waals surface area contributed by atoms with Gasteiger partial charge in [0, 0.05) is 6.04 Å². The van der Waals surface area contributed by atoms with Crippen LogP contribution in [0.1, 0.15) is 36.1 Å². The lowest BCUT2D eigenvalue weighted by molar-refractivity contribution is 0.478. The molecule has 1 atom stereocenters. The van der Waals surface area contributed by atoms with Gasteiger partial charge in [0.15, 0.2) is 0 Å². The summed E-state index contributed by atoms with van der Waals surface area (Å²) in [6.45, 7) is 6.21. The maximum Gasteiger partial charge on any atom is 0.130 e.